The third-order valence-electron chi connectivity index (χ3n) is 5.50. The number of hydrogen-bond acceptors (Lipinski definition) is 6. The Hall–Kier alpha value is -2.16. The number of ether oxygens (including phenoxy) is 2. The lowest BCUT2D eigenvalue weighted by molar-refractivity contribution is 0.0387. The van der Waals surface area contributed by atoms with Gasteiger partial charge in [0.2, 0.25) is 0 Å². The second-order valence-electron chi connectivity index (χ2n) is 7.79. The number of rotatable bonds is 9. The Balaban J connectivity index is 1.54. The average molecular weight is 434 g/mol. The first kappa shape index (κ1) is 22.5. The lowest BCUT2D eigenvalue weighted by atomic mass is 9.98. The van der Waals surface area contributed by atoms with Crippen LogP contribution in [0.5, 0.6) is 0 Å². The first-order valence-electron chi connectivity index (χ1n) is 10.4. The highest BCUT2D eigenvalue weighted by Crippen LogP contribution is 2.21. The highest BCUT2D eigenvalue weighted by molar-refractivity contribution is 7.09. The van der Waals surface area contributed by atoms with E-state index in [-0.39, 0.29) is 12.5 Å². The van der Waals surface area contributed by atoms with Crippen LogP contribution < -0.4 is 5.32 Å². The molecule has 7 nitrogen and oxygen atoms in total. The first-order chi connectivity index (χ1) is 14.5. The van der Waals surface area contributed by atoms with E-state index in [0.717, 1.165) is 32.5 Å². The third-order valence-corrected chi connectivity index (χ3v) is 6.36. The van der Waals surface area contributed by atoms with Crippen molar-refractivity contribution in [3.05, 3.63) is 44.9 Å². The van der Waals surface area contributed by atoms with Crippen molar-refractivity contribution in [1.29, 1.82) is 0 Å². The number of carbonyl (C=O) groups excluding carboxylic acids is 2. The van der Waals surface area contributed by atoms with Gasteiger partial charge in [-0.25, -0.2) is 4.79 Å². The lowest BCUT2D eigenvalue weighted by Crippen LogP contribution is -2.40. The van der Waals surface area contributed by atoms with Gasteiger partial charge in [0.15, 0.2) is 0 Å². The Labute approximate surface area is 181 Å². The fourth-order valence-corrected chi connectivity index (χ4v) is 4.73. The van der Waals surface area contributed by atoms with Gasteiger partial charge < -0.3 is 19.8 Å². The molecule has 1 fully saturated rings. The average Bonchev–Trinajstić information content (AvgIpc) is 3.34. The molecular weight excluding hydrogens is 402 g/mol. The molecule has 0 radical (unpaired) electrons. The number of methoxy groups -OCH3 is 1. The number of carbonyl (C=O) groups is 2. The second kappa shape index (κ2) is 10.7. The number of likely N-dealkylation sites (tertiary alicyclic amines) is 1. The topological polar surface area (TPSA) is 83.7 Å². The summed E-state index contributed by atoms with van der Waals surface area (Å²) >= 11 is 1.79. The molecule has 30 heavy (non-hydrogen) atoms. The number of thiophene rings is 1. The normalized spacial score (nSPS) is 17.1. The summed E-state index contributed by atoms with van der Waals surface area (Å²) in [6.07, 6.45) is 2.26. The lowest BCUT2D eigenvalue weighted by Gasteiger charge is -2.32. The summed E-state index contributed by atoms with van der Waals surface area (Å²) in [7, 11) is 1.55. The van der Waals surface area contributed by atoms with E-state index in [1.54, 1.807) is 32.3 Å². The summed E-state index contributed by atoms with van der Waals surface area (Å²) in [5, 5.41) is 5.16. The first-order valence-corrected chi connectivity index (χ1v) is 11.3. The molecular formula is C22H31N3O4S. The van der Waals surface area contributed by atoms with Gasteiger partial charge in [0, 0.05) is 37.3 Å². The van der Waals surface area contributed by atoms with Gasteiger partial charge in [-0.3, -0.25) is 9.69 Å². The third kappa shape index (κ3) is 5.71. The molecule has 1 aliphatic heterocycles. The van der Waals surface area contributed by atoms with Gasteiger partial charge in [-0.1, -0.05) is 6.07 Å². The van der Waals surface area contributed by atoms with E-state index in [1.165, 1.54) is 4.88 Å². The highest BCUT2D eigenvalue weighted by atomic mass is 32.1. The van der Waals surface area contributed by atoms with Crippen LogP contribution in [0.15, 0.2) is 17.5 Å². The molecule has 2 N–H and O–H groups in total. The molecule has 1 amide bonds. The van der Waals surface area contributed by atoms with E-state index in [0.29, 0.717) is 41.6 Å². The number of amides is 1. The van der Waals surface area contributed by atoms with Crippen LogP contribution >= 0.6 is 11.3 Å². The van der Waals surface area contributed by atoms with Crippen molar-refractivity contribution < 1.29 is 19.1 Å². The van der Waals surface area contributed by atoms with E-state index >= 15 is 0 Å². The number of piperidine rings is 1. The summed E-state index contributed by atoms with van der Waals surface area (Å²) in [5.41, 5.74) is 2.11. The Kier molecular flexibility index (Phi) is 8.07. The molecule has 1 aliphatic rings. The summed E-state index contributed by atoms with van der Waals surface area (Å²) < 4.78 is 10.1. The standard InChI is InChI=1S/C22H31N3O4S/c1-15-19(22(27)29-10-9-28-3)16(2)24-20(15)21(26)23-12-17-6-4-8-25(13-17)14-18-7-5-11-30-18/h5,7,11,17,24H,4,6,8-10,12-14H2,1-3H3,(H,23,26). The minimum absolute atomic E-state index is 0.179. The van der Waals surface area contributed by atoms with Gasteiger partial charge in [-0.15, -0.1) is 11.3 Å². The van der Waals surface area contributed by atoms with Crippen LogP contribution in [-0.4, -0.2) is 61.7 Å². The van der Waals surface area contributed by atoms with E-state index in [2.05, 4.69) is 32.7 Å². The Morgan fingerprint density at radius 2 is 2.17 bits per heavy atom. The van der Waals surface area contributed by atoms with Gasteiger partial charge in [0.25, 0.3) is 5.91 Å². The van der Waals surface area contributed by atoms with E-state index < -0.39 is 5.97 Å². The molecule has 0 saturated carbocycles. The number of nitrogens with zero attached hydrogens (tertiary/aromatic N) is 1. The van der Waals surface area contributed by atoms with Crippen LogP contribution in [0.2, 0.25) is 0 Å². The van der Waals surface area contributed by atoms with Crippen molar-refractivity contribution in [2.75, 3.05) is 40.0 Å². The largest absolute Gasteiger partial charge is 0.460 e. The Morgan fingerprint density at radius 1 is 1.33 bits per heavy atom. The predicted octanol–water partition coefficient (Wildman–Crippen LogP) is 3.14. The van der Waals surface area contributed by atoms with Crippen molar-refractivity contribution in [2.45, 2.75) is 33.2 Å². The maximum absolute atomic E-state index is 12.8. The van der Waals surface area contributed by atoms with Crippen molar-refractivity contribution in [2.24, 2.45) is 5.92 Å². The maximum atomic E-state index is 12.8. The molecule has 3 rings (SSSR count). The van der Waals surface area contributed by atoms with Crippen molar-refractivity contribution in [3.63, 3.8) is 0 Å². The van der Waals surface area contributed by atoms with Crippen LogP contribution in [0.4, 0.5) is 0 Å². The number of aromatic nitrogens is 1. The molecule has 1 atom stereocenters. The van der Waals surface area contributed by atoms with Gasteiger partial charge in [0.1, 0.15) is 12.3 Å². The summed E-state index contributed by atoms with van der Waals surface area (Å²) in [6, 6.07) is 4.26. The molecule has 8 heteroatoms. The van der Waals surface area contributed by atoms with Crippen LogP contribution in [0.3, 0.4) is 0 Å². The van der Waals surface area contributed by atoms with E-state index in [4.69, 9.17) is 9.47 Å². The Bertz CT molecular complexity index is 847. The number of esters is 1. The van der Waals surface area contributed by atoms with E-state index in [9.17, 15) is 9.59 Å². The molecule has 0 aromatic carbocycles. The highest BCUT2D eigenvalue weighted by Gasteiger charge is 2.25. The molecule has 2 aromatic heterocycles. The summed E-state index contributed by atoms with van der Waals surface area (Å²) in [4.78, 5) is 32.0. The maximum Gasteiger partial charge on any atom is 0.340 e. The van der Waals surface area contributed by atoms with Gasteiger partial charge >= 0.3 is 5.97 Å². The van der Waals surface area contributed by atoms with Crippen LogP contribution in [0.1, 0.15) is 49.8 Å². The number of hydrogen-bond donors (Lipinski definition) is 2. The van der Waals surface area contributed by atoms with Crippen molar-refractivity contribution in [1.82, 2.24) is 15.2 Å². The zero-order valence-corrected chi connectivity index (χ0v) is 18.8. The number of nitrogens with one attached hydrogen (secondary N) is 2. The van der Waals surface area contributed by atoms with Crippen LogP contribution in [0.25, 0.3) is 0 Å². The van der Waals surface area contributed by atoms with Gasteiger partial charge in [-0.2, -0.15) is 0 Å². The fourth-order valence-electron chi connectivity index (χ4n) is 3.98. The molecule has 0 aliphatic carbocycles. The van der Waals surface area contributed by atoms with Crippen molar-refractivity contribution >= 4 is 23.2 Å². The molecule has 0 bridgehead atoms. The van der Waals surface area contributed by atoms with Gasteiger partial charge in [0.05, 0.1) is 12.2 Å². The molecule has 2 aromatic rings. The van der Waals surface area contributed by atoms with Gasteiger partial charge in [-0.05, 0) is 56.2 Å². The summed E-state index contributed by atoms with van der Waals surface area (Å²) in [6.45, 7) is 7.77. The molecule has 0 spiro atoms. The smallest absolute Gasteiger partial charge is 0.340 e. The molecule has 1 saturated heterocycles. The fraction of sp³-hybridized carbons (Fsp3) is 0.545. The molecule has 1 unspecified atom stereocenters. The van der Waals surface area contributed by atoms with Crippen LogP contribution in [-0.2, 0) is 16.0 Å². The van der Waals surface area contributed by atoms with Crippen LogP contribution in [0, 0.1) is 19.8 Å². The number of aromatic amines is 1. The Morgan fingerprint density at radius 3 is 2.90 bits per heavy atom. The molecule has 3 heterocycles. The number of H-pyrrole nitrogens is 1. The number of aryl methyl sites for hydroxylation is 1. The zero-order chi connectivity index (χ0) is 21.5. The van der Waals surface area contributed by atoms with Crippen molar-refractivity contribution in [3.8, 4) is 0 Å². The SMILES string of the molecule is COCCOC(=O)c1c(C)[nH]c(C(=O)NCC2CCCN(Cc3cccs3)C2)c1C. The minimum atomic E-state index is -0.436. The predicted molar refractivity (Wildman–Crippen MR) is 117 cm³/mol. The zero-order valence-electron chi connectivity index (χ0n) is 18.0. The molecule has 164 valence electrons. The second-order valence-corrected chi connectivity index (χ2v) is 8.82. The quantitative estimate of drug-likeness (QED) is 0.469. The minimum Gasteiger partial charge on any atom is -0.460 e. The monoisotopic (exact) mass is 433 g/mol. The van der Waals surface area contributed by atoms with E-state index in [1.807, 2.05) is 0 Å². The summed E-state index contributed by atoms with van der Waals surface area (Å²) in [5.74, 6) is -0.187.